The van der Waals surface area contributed by atoms with Crippen LogP contribution in [0.15, 0.2) is 59.2 Å². The minimum Gasteiger partial charge on any atom is -0.383 e. The second-order valence-corrected chi connectivity index (χ2v) is 5.96. The summed E-state index contributed by atoms with van der Waals surface area (Å²) in [6.45, 7) is 0. The largest absolute Gasteiger partial charge is 0.383 e. The molecule has 2 N–H and O–H groups in total. The number of nitrogens with zero attached hydrogens (tertiary/aromatic N) is 2. The minimum atomic E-state index is -0.244. The van der Waals surface area contributed by atoms with Crippen LogP contribution in [-0.4, -0.2) is 15.6 Å². The van der Waals surface area contributed by atoms with Crippen LogP contribution >= 0.6 is 27.5 Å². The summed E-state index contributed by atoms with van der Waals surface area (Å²) in [5.41, 5.74) is 7.60. The van der Waals surface area contributed by atoms with Gasteiger partial charge in [0.1, 0.15) is 5.82 Å². The van der Waals surface area contributed by atoms with Gasteiger partial charge in [0.05, 0.1) is 22.5 Å². The number of carbonyl (C=O) groups is 1. The van der Waals surface area contributed by atoms with Crippen LogP contribution in [-0.2, 0) is 0 Å². The van der Waals surface area contributed by atoms with Gasteiger partial charge in [-0.05, 0) is 36.4 Å². The Morgan fingerprint density at radius 3 is 2.45 bits per heavy atom. The lowest BCUT2D eigenvalue weighted by Gasteiger charge is -2.06. The topological polar surface area (TPSA) is 60.9 Å². The number of ketones is 1. The van der Waals surface area contributed by atoms with E-state index in [2.05, 4.69) is 21.0 Å². The zero-order valence-electron chi connectivity index (χ0n) is 11.3. The zero-order chi connectivity index (χ0) is 15.7. The summed E-state index contributed by atoms with van der Waals surface area (Å²) in [4.78, 5) is 12.6. The average molecular weight is 377 g/mol. The molecule has 0 aliphatic carbocycles. The number of hydrogen-bond donors (Lipinski definition) is 1. The Labute approximate surface area is 140 Å². The number of hydrogen-bond acceptors (Lipinski definition) is 3. The van der Waals surface area contributed by atoms with Crippen molar-refractivity contribution in [3.63, 3.8) is 0 Å². The number of halogens is 2. The fraction of sp³-hybridized carbons (Fsp3) is 0. The maximum Gasteiger partial charge on any atom is 0.199 e. The number of benzene rings is 2. The summed E-state index contributed by atoms with van der Waals surface area (Å²) in [7, 11) is 0. The fourth-order valence-electron chi connectivity index (χ4n) is 2.11. The first-order valence-corrected chi connectivity index (χ1v) is 7.63. The predicted octanol–water partition coefficient (Wildman–Crippen LogP) is 4.10. The summed E-state index contributed by atoms with van der Waals surface area (Å²) < 4.78 is 2.48. The van der Waals surface area contributed by atoms with Gasteiger partial charge in [-0.1, -0.05) is 39.7 Å². The van der Waals surface area contributed by atoms with Crippen LogP contribution in [0.3, 0.4) is 0 Å². The SMILES string of the molecule is Nc1c(C(=O)c2ccccc2Cl)cnn1-c1ccc(Br)cc1. The van der Waals surface area contributed by atoms with Gasteiger partial charge in [-0.2, -0.15) is 5.10 Å². The predicted molar refractivity (Wildman–Crippen MR) is 90.6 cm³/mol. The Balaban J connectivity index is 2.02. The average Bonchev–Trinajstić information content (AvgIpc) is 2.90. The molecule has 0 unspecified atom stereocenters. The highest BCUT2D eigenvalue weighted by Crippen LogP contribution is 2.24. The van der Waals surface area contributed by atoms with Crippen LogP contribution in [0, 0.1) is 0 Å². The molecule has 0 amide bonds. The van der Waals surface area contributed by atoms with Crippen LogP contribution in [0.25, 0.3) is 5.69 Å². The maximum atomic E-state index is 12.6. The molecule has 3 aromatic rings. The normalized spacial score (nSPS) is 10.6. The maximum absolute atomic E-state index is 12.6. The van der Waals surface area contributed by atoms with Crippen molar-refractivity contribution in [2.24, 2.45) is 0 Å². The van der Waals surface area contributed by atoms with Gasteiger partial charge >= 0.3 is 0 Å². The third-order valence-electron chi connectivity index (χ3n) is 3.24. The quantitative estimate of drug-likeness (QED) is 0.700. The molecule has 4 nitrogen and oxygen atoms in total. The lowest BCUT2D eigenvalue weighted by Crippen LogP contribution is -2.07. The number of rotatable bonds is 3. The van der Waals surface area contributed by atoms with Crippen molar-refractivity contribution in [3.8, 4) is 5.69 Å². The Hall–Kier alpha value is -2.11. The van der Waals surface area contributed by atoms with E-state index >= 15 is 0 Å². The van der Waals surface area contributed by atoms with E-state index < -0.39 is 0 Å². The van der Waals surface area contributed by atoms with Crippen LogP contribution < -0.4 is 5.73 Å². The number of aromatic nitrogens is 2. The van der Waals surface area contributed by atoms with E-state index in [9.17, 15) is 4.79 Å². The molecule has 0 bridgehead atoms. The monoisotopic (exact) mass is 375 g/mol. The molecule has 0 fully saturated rings. The number of nitrogens with two attached hydrogens (primary N) is 1. The third kappa shape index (κ3) is 2.65. The van der Waals surface area contributed by atoms with Crippen molar-refractivity contribution in [2.45, 2.75) is 0 Å². The molecule has 0 aliphatic rings. The summed E-state index contributed by atoms with van der Waals surface area (Å²) in [6.07, 6.45) is 1.46. The van der Waals surface area contributed by atoms with Crippen molar-refractivity contribution in [2.75, 3.05) is 5.73 Å². The standard InChI is InChI=1S/C16H11BrClN3O/c17-10-5-7-11(8-6-10)21-16(19)13(9-20-21)15(22)12-3-1-2-4-14(12)18/h1-9H,19H2. The minimum absolute atomic E-state index is 0.244. The Morgan fingerprint density at radius 1 is 1.09 bits per heavy atom. The second-order valence-electron chi connectivity index (χ2n) is 4.64. The van der Waals surface area contributed by atoms with Crippen LogP contribution in [0.2, 0.25) is 5.02 Å². The van der Waals surface area contributed by atoms with Crippen molar-refractivity contribution in [3.05, 3.63) is 75.4 Å². The second kappa shape index (κ2) is 5.94. The molecule has 3 rings (SSSR count). The number of carbonyl (C=O) groups excluding carboxylic acids is 1. The highest BCUT2D eigenvalue weighted by atomic mass is 79.9. The molecule has 6 heteroatoms. The summed E-state index contributed by atoms with van der Waals surface area (Å²) in [5, 5.41) is 4.60. The zero-order valence-corrected chi connectivity index (χ0v) is 13.7. The molecule has 0 atom stereocenters. The van der Waals surface area contributed by atoms with Crippen LogP contribution in [0.4, 0.5) is 5.82 Å². The molecule has 1 heterocycles. The highest BCUT2D eigenvalue weighted by Gasteiger charge is 2.19. The Kier molecular flexibility index (Phi) is 4.00. The van der Waals surface area contributed by atoms with Gasteiger partial charge in [-0.3, -0.25) is 4.79 Å². The Morgan fingerprint density at radius 2 is 1.77 bits per heavy atom. The van der Waals surface area contributed by atoms with E-state index in [-0.39, 0.29) is 11.6 Å². The first-order chi connectivity index (χ1) is 10.6. The van der Waals surface area contributed by atoms with E-state index in [1.165, 1.54) is 10.9 Å². The first kappa shape index (κ1) is 14.8. The van der Waals surface area contributed by atoms with Gasteiger partial charge in [0.2, 0.25) is 0 Å². The molecule has 0 radical (unpaired) electrons. The molecule has 110 valence electrons. The van der Waals surface area contributed by atoms with Gasteiger partial charge in [-0.25, -0.2) is 4.68 Å². The highest BCUT2D eigenvalue weighted by molar-refractivity contribution is 9.10. The Bertz CT molecular complexity index is 843. The van der Waals surface area contributed by atoms with E-state index in [4.69, 9.17) is 17.3 Å². The summed E-state index contributed by atoms with van der Waals surface area (Å²) in [5.74, 6) is 0.0405. The number of anilines is 1. The lowest BCUT2D eigenvalue weighted by atomic mass is 10.1. The first-order valence-electron chi connectivity index (χ1n) is 6.46. The molecule has 22 heavy (non-hydrogen) atoms. The van der Waals surface area contributed by atoms with Crippen molar-refractivity contribution < 1.29 is 4.79 Å². The molecule has 2 aromatic carbocycles. The lowest BCUT2D eigenvalue weighted by molar-refractivity contribution is 0.103. The van der Waals surface area contributed by atoms with Crippen LogP contribution in [0.5, 0.6) is 0 Å². The van der Waals surface area contributed by atoms with Gasteiger partial charge in [-0.15, -0.1) is 0 Å². The molecule has 0 aliphatic heterocycles. The molecule has 0 saturated heterocycles. The molecule has 1 aromatic heterocycles. The number of nitrogen functional groups attached to an aromatic ring is 1. The van der Waals surface area contributed by atoms with Crippen molar-refractivity contribution in [1.29, 1.82) is 0 Å². The smallest absolute Gasteiger partial charge is 0.199 e. The molecular formula is C16H11BrClN3O. The summed E-state index contributed by atoms with van der Waals surface area (Å²) >= 11 is 9.44. The van der Waals surface area contributed by atoms with E-state index in [1.54, 1.807) is 24.3 Å². The molecular weight excluding hydrogens is 366 g/mol. The van der Waals surface area contributed by atoms with Gasteiger partial charge in [0, 0.05) is 10.0 Å². The van der Waals surface area contributed by atoms with Crippen LogP contribution in [0.1, 0.15) is 15.9 Å². The summed E-state index contributed by atoms with van der Waals surface area (Å²) in [6, 6.07) is 14.3. The fourth-order valence-corrected chi connectivity index (χ4v) is 2.60. The third-order valence-corrected chi connectivity index (χ3v) is 4.10. The van der Waals surface area contributed by atoms with Crippen molar-refractivity contribution in [1.82, 2.24) is 9.78 Å². The molecule has 0 spiro atoms. The van der Waals surface area contributed by atoms with Gasteiger partial charge in [0.15, 0.2) is 5.78 Å². The van der Waals surface area contributed by atoms with E-state index in [0.29, 0.717) is 16.1 Å². The molecule has 0 saturated carbocycles. The van der Waals surface area contributed by atoms with E-state index in [1.807, 2.05) is 24.3 Å². The van der Waals surface area contributed by atoms with Crippen molar-refractivity contribution >= 4 is 39.1 Å². The van der Waals surface area contributed by atoms with Gasteiger partial charge < -0.3 is 5.73 Å². The van der Waals surface area contributed by atoms with Gasteiger partial charge in [0.25, 0.3) is 0 Å². The van der Waals surface area contributed by atoms with E-state index in [0.717, 1.165) is 10.2 Å².